The third-order valence-electron chi connectivity index (χ3n) is 4.78. The van der Waals surface area contributed by atoms with Gasteiger partial charge in [0.1, 0.15) is 5.82 Å². The van der Waals surface area contributed by atoms with Crippen molar-refractivity contribution in [1.82, 2.24) is 4.98 Å². The fraction of sp³-hybridized carbons (Fsp3) is 0.300. The van der Waals surface area contributed by atoms with E-state index in [9.17, 15) is 9.18 Å². The van der Waals surface area contributed by atoms with Gasteiger partial charge in [0.25, 0.3) is 0 Å². The molecule has 1 N–H and O–H groups in total. The normalized spacial score (nSPS) is 17.5. The summed E-state index contributed by atoms with van der Waals surface area (Å²) in [7, 11) is 0. The van der Waals surface area contributed by atoms with E-state index in [1.165, 1.54) is 6.07 Å². The van der Waals surface area contributed by atoms with Gasteiger partial charge in [-0.3, -0.25) is 4.79 Å². The van der Waals surface area contributed by atoms with Gasteiger partial charge in [0.2, 0.25) is 5.91 Å². The Morgan fingerprint density at radius 3 is 2.96 bits per heavy atom. The van der Waals surface area contributed by atoms with Crippen LogP contribution in [0.3, 0.4) is 0 Å². The topological polar surface area (TPSA) is 45.2 Å². The number of anilines is 2. The maximum absolute atomic E-state index is 13.7. The molecule has 0 aliphatic carbocycles. The van der Waals surface area contributed by atoms with E-state index in [0.29, 0.717) is 17.8 Å². The molecule has 4 rings (SSSR count). The highest BCUT2D eigenvalue weighted by Gasteiger charge is 2.27. The Hall–Kier alpha value is -2.47. The monoisotopic (exact) mass is 369 g/mol. The highest BCUT2D eigenvalue weighted by molar-refractivity contribution is 7.22. The van der Waals surface area contributed by atoms with Crippen molar-refractivity contribution in [2.75, 3.05) is 23.3 Å². The number of para-hydroxylation sites is 1. The zero-order valence-corrected chi connectivity index (χ0v) is 15.4. The van der Waals surface area contributed by atoms with Crippen LogP contribution in [0.15, 0.2) is 42.5 Å². The summed E-state index contributed by atoms with van der Waals surface area (Å²) in [6, 6.07) is 12.9. The number of benzene rings is 2. The minimum absolute atomic E-state index is 0.0564. The second-order valence-electron chi connectivity index (χ2n) is 6.70. The molecule has 1 amide bonds. The average Bonchev–Trinajstić information content (AvgIpc) is 3.09. The summed E-state index contributed by atoms with van der Waals surface area (Å²) in [5.41, 5.74) is 2.08. The Labute approximate surface area is 155 Å². The molecule has 2 heterocycles. The molecule has 1 aromatic heterocycles. The number of carbonyl (C=O) groups excluding carboxylic acids is 1. The molecular weight excluding hydrogens is 349 g/mol. The van der Waals surface area contributed by atoms with E-state index in [-0.39, 0.29) is 17.6 Å². The standard InChI is InChI=1S/C20H20FN3OS/c1-13-8-9-15(11-16(13)21)22-19(25)14-5-4-10-24(12-14)20-23-17-6-2-3-7-18(17)26-20/h2-3,6-9,11,14H,4-5,10,12H2,1H3,(H,22,25). The third-order valence-corrected chi connectivity index (χ3v) is 5.88. The molecule has 1 unspecified atom stereocenters. The van der Waals surface area contributed by atoms with Gasteiger partial charge in [-0.1, -0.05) is 29.5 Å². The van der Waals surface area contributed by atoms with E-state index in [0.717, 1.165) is 34.7 Å². The number of carbonyl (C=O) groups is 1. The van der Waals surface area contributed by atoms with E-state index in [1.807, 2.05) is 18.2 Å². The van der Waals surface area contributed by atoms with Gasteiger partial charge in [0.15, 0.2) is 5.13 Å². The molecular formula is C20H20FN3OS. The number of nitrogens with one attached hydrogen (secondary N) is 1. The smallest absolute Gasteiger partial charge is 0.229 e. The van der Waals surface area contributed by atoms with Gasteiger partial charge >= 0.3 is 0 Å². The van der Waals surface area contributed by atoms with E-state index in [1.54, 1.807) is 30.4 Å². The van der Waals surface area contributed by atoms with Gasteiger partial charge in [-0.15, -0.1) is 0 Å². The maximum Gasteiger partial charge on any atom is 0.229 e. The van der Waals surface area contributed by atoms with Gasteiger partial charge in [0, 0.05) is 18.8 Å². The first-order chi connectivity index (χ1) is 12.6. The average molecular weight is 369 g/mol. The Morgan fingerprint density at radius 2 is 2.15 bits per heavy atom. The van der Waals surface area contributed by atoms with Gasteiger partial charge in [0.05, 0.1) is 16.1 Å². The summed E-state index contributed by atoms with van der Waals surface area (Å²) in [5, 5.41) is 3.82. The highest BCUT2D eigenvalue weighted by atomic mass is 32.1. The molecule has 3 aromatic rings. The lowest BCUT2D eigenvalue weighted by Gasteiger charge is -2.31. The maximum atomic E-state index is 13.7. The molecule has 26 heavy (non-hydrogen) atoms. The lowest BCUT2D eigenvalue weighted by atomic mass is 9.97. The summed E-state index contributed by atoms with van der Waals surface area (Å²) in [6.07, 6.45) is 1.78. The molecule has 1 aliphatic rings. The van der Waals surface area contributed by atoms with Crippen LogP contribution in [-0.2, 0) is 4.79 Å². The summed E-state index contributed by atoms with van der Waals surface area (Å²) < 4.78 is 14.8. The summed E-state index contributed by atoms with van der Waals surface area (Å²) in [5.74, 6) is -0.485. The summed E-state index contributed by atoms with van der Waals surface area (Å²) in [4.78, 5) is 19.5. The number of piperidine rings is 1. The van der Waals surface area contributed by atoms with Crippen molar-refractivity contribution in [3.63, 3.8) is 0 Å². The van der Waals surface area contributed by atoms with Gasteiger partial charge in [-0.25, -0.2) is 9.37 Å². The van der Waals surface area contributed by atoms with Crippen molar-refractivity contribution in [3.05, 3.63) is 53.8 Å². The number of nitrogens with zero attached hydrogens (tertiary/aromatic N) is 2. The van der Waals surface area contributed by atoms with Crippen LogP contribution in [0.5, 0.6) is 0 Å². The van der Waals surface area contributed by atoms with E-state index >= 15 is 0 Å². The Bertz CT molecular complexity index is 922. The summed E-state index contributed by atoms with van der Waals surface area (Å²) in [6.45, 7) is 3.25. The van der Waals surface area contributed by atoms with E-state index in [2.05, 4.69) is 16.3 Å². The van der Waals surface area contributed by atoms with Gasteiger partial charge < -0.3 is 10.2 Å². The van der Waals surface area contributed by atoms with Crippen LogP contribution >= 0.6 is 11.3 Å². The fourth-order valence-corrected chi connectivity index (χ4v) is 4.28. The number of fused-ring (bicyclic) bond motifs is 1. The van der Waals surface area contributed by atoms with Crippen LogP contribution in [0, 0.1) is 18.7 Å². The summed E-state index contributed by atoms with van der Waals surface area (Å²) >= 11 is 1.66. The third kappa shape index (κ3) is 3.42. The Kier molecular flexibility index (Phi) is 4.59. The lowest BCUT2D eigenvalue weighted by Crippen LogP contribution is -2.40. The first kappa shape index (κ1) is 17.0. The molecule has 1 fully saturated rings. The molecule has 1 atom stereocenters. The van der Waals surface area contributed by atoms with Crippen molar-refractivity contribution in [2.45, 2.75) is 19.8 Å². The van der Waals surface area contributed by atoms with Crippen molar-refractivity contribution in [1.29, 1.82) is 0 Å². The van der Waals surface area contributed by atoms with Crippen molar-refractivity contribution in [3.8, 4) is 0 Å². The van der Waals surface area contributed by atoms with E-state index < -0.39 is 0 Å². The highest BCUT2D eigenvalue weighted by Crippen LogP contribution is 2.31. The number of thiazole rings is 1. The molecule has 0 saturated carbocycles. The minimum atomic E-state index is -0.303. The van der Waals surface area contributed by atoms with Crippen LogP contribution in [0.2, 0.25) is 0 Å². The van der Waals surface area contributed by atoms with E-state index in [4.69, 9.17) is 4.98 Å². The predicted octanol–water partition coefficient (Wildman–Crippen LogP) is 4.60. The predicted molar refractivity (Wildman–Crippen MR) is 104 cm³/mol. The Balaban J connectivity index is 1.47. The van der Waals surface area contributed by atoms with Crippen LogP contribution in [0.25, 0.3) is 10.2 Å². The first-order valence-electron chi connectivity index (χ1n) is 8.78. The van der Waals surface area contributed by atoms with Gasteiger partial charge in [-0.2, -0.15) is 0 Å². The van der Waals surface area contributed by atoms with Gasteiger partial charge in [-0.05, 0) is 49.6 Å². The molecule has 134 valence electrons. The molecule has 1 aliphatic heterocycles. The van der Waals surface area contributed by atoms with Crippen LogP contribution < -0.4 is 10.2 Å². The second kappa shape index (κ2) is 7.03. The number of rotatable bonds is 3. The quantitative estimate of drug-likeness (QED) is 0.734. The van der Waals surface area contributed by atoms with Crippen molar-refractivity contribution < 1.29 is 9.18 Å². The number of halogens is 1. The minimum Gasteiger partial charge on any atom is -0.347 e. The largest absolute Gasteiger partial charge is 0.347 e. The number of hydrogen-bond donors (Lipinski definition) is 1. The molecule has 0 spiro atoms. The van der Waals surface area contributed by atoms with Crippen molar-refractivity contribution in [2.24, 2.45) is 5.92 Å². The first-order valence-corrected chi connectivity index (χ1v) is 9.59. The van der Waals surface area contributed by atoms with Crippen LogP contribution in [-0.4, -0.2) is 24.0 Å². The molecule has 2 aromatic carbocycles. The second-order valence-corrected chi connectivity index (χ2v) is 7.71. The molecule has 1 saturated heterocycles. The number of aromatic nitrogens is 1. The lowest BCUT2D eigenvalue weighted by molar-refractivity contribution is -0.120. The zero-order valence-electron chi connectivity index (χ0n) is 14.5. The zero-order chi connectivity index (χ0) is 18.1. The number of amides is 1. The molecule has 6 heteroatoms. The van der Waals surface area contributed by atoms with Crippen LogP contribution in [0.1, 0.15) is 18.4 Å². The van der Waals surface area contributed by atoms with Crippen LogP contribution in [0.4, 0.5) is 15.2 Å². The molecule has 0 bridgehead atoms. The number of aryl methyl sites for hydroxylation is 1. The molecule has 4 nitrogen and oxygen atoms in total. The molecule has 0 radical (unpaired) electrons. The van der Waals surface area contributed by atoms with Crippen molar-refractivity contribution >= 4 is 38.3 Å². The SMILES string of the molecule is Cc1ccc(NC(=O)C2CCCN(c3nc4ccccc4s3)C2)cc1F. The number of hydrogen-bond acceptors (Lipinski definition) is 4. The fourth-order valence-electron chi connectivity index (χ4n) is 3.28. The Morgan fingerprint density at radius 1 is 1.31 bits per heavy atom.